The van der Waals surface area contributed by atoms with Gasteiger partial charge in [-0.15, -0.1) is 0 Å². The highest BCUT2D eigenvalue weighted by atomic mass is 35.5. The molecule has 1 atom stereocenters. The minimum Gasteiger partial charge on any atom is -0.366 e. The number of rotatable bonds is 3. The predicted molar refractivity (Wildman–Crippen MR) is 137 cm³/mol. The number of carbonyl (C=O) groups is 3. The van der Waals surface area contributed by atoms with Crippen LogP contribution in [0.5, 0.6) is 0 Å². The van der Waals surface area contributed by atoms with Crippen molar-refractivity contribution in [3.05, 3.63) is 62.1 Å². The van der Waals surface area contributed by atoms with Crippen LogP contribution in [-0.2, 0) is 9.59 Å². The maximum absolute atomic E-state index is 13.3. The summed E-state index contributed by atoms with van der Waals surface area (Å²) in [4.78, 5) is 41.6. The third-order valence-electron chi connectivity index (χ3n) is 6.39. The number of halogens is 3. The summed E-state index contributed by atoms with van der Waals surface area (Å²) in [5, 5.41) is 2.81. The van der Waals surface area contributed by atoms with Crippen molar-refractivity contribution in [1.29, 1.82) is 0 Å². The van der Waals surface area contributed by atoms with Gasteiger partial charge in [-0.2, -0.15) is 0 Å². The van der Waals surface area contributed by atoms with Crippen molar-refractivity contribution in [2.75, 3.05) is 16.3 Å². The van der Waals surface area contributed by atoms with Crippen LogP contribution in [0.1, 0.15) is 51.2 Å². The normalized spacial score (nSPS) is 21.1. The van der Waals surface area contributed by atoms with Crippen molar-refractivity contribution in [3.63, 3.8) is 0 Å². The summed E-state index contributed by atoms with van der Waals surface area (Å²) in [6, 6.07) is 7.48. The van der Waals surface area contributed by atoms with E-state index in [0.29, 0.717) is 10.6 Å². The Balaban J connectivity index is 1.80. The molecule has 0 radical (unpaired) electrons. The molecule has 4 rings (SSSR count). The van der Waals surface area contributed by atoms with Gasteiger partial charge >= 0.3 is 6.03 Å². The molecular formula is C25H24Cl3N3O3. The number of nitrogens with zero attached hydrogens (tertiary/aromatic N) is 2. The first-order chi connectivity index (χ1) is 16.0. The summed E-state index contributed by atoms with van der Waals surface area (Å²) in [5.41, 5.74) is 2.48. The van der Waals surface area contributed by atoms with Crippen molar-refractivity contribution in [1.82, 2.24) is 5.32 Å². The molecule has 2 aromatic carbocycles. The van der Waals surface area contributed by atoms with Crippen LogP contribution in [0.4, 0.5) is 16.2 Å². The predicted octanol–water partition coefficient (Wildman–Crippen LogP) is 6.43. The fraction of sp³-hybridized carbons (Fsp3) is 0.320. The van der Waals surface area contributed by atoms with Gasteiger partial charge in [0.15, 0.2) is 0 Å². The largest absolute Gasteiger partial charge is 0.366 e. The first-order valence-corrected chi connectivity index (χ1v) is 12.1. The number of hydrogen-bond donors (Lipinski definition) is 1. The highest BCUT2D eigenvalue weighted by Crippen LogP contribution is 2.45. The van der Waals surface area contributed by atoms with Crippen molar-refractivity contribution in [2.24, 2.45) is 0 Å². The van der Waals surface area contributed by atoms with Crippen molar-refractivity contribution in [3.8, 4) is 0 Å². The molecule has 0 bridgehead atoms. The molecule has 6 nitrogen and oxygen atoms in total. The SMILES string of the molecule is CCN1c2cc(Cl)c(/C=C3/C(=O)NC(=O)N(c4cccc(Cl)c4Cl)C3=O)cc2C(C)CC1(C)C. The lowest BCUT2D eigenvalue weighted by Gasteiger charge is -2.47. The topological polar surface area (TPSA) is 69.7 Å². The minimum absolute atomic E-state index is 0.0270. The van der Waals surface area contributed by atoms with Gasteiger partial charge in [-0.1, -0.05) is 47.8 Å². The van der Waals surface area contributed by atoms with E-state index < -0.39 is 17.8 Å². The van der Waals surface area contributed by atoms with Crippen LogP contribution in [0.3, 0.4) is 0 Å². The van der Waals surface area contributed by atoms with Crippen molar-refractivity contribution >= 4 is 70.1 Å². The zero-order valence-electron chi connectivity index (χ0n) is 19.2. The van der Waals surface area contributed by atoms with Crippen molar-refractivity contribution in [2.45, 2.75) is 45.6 Å². The maximum Gasteiger partial charge on any atom is 0.336 e. The molecule has 9 heteroatoms. The number of fused-ring (bicyclic) bond motifs is 1. The van der Waals surface area contributed by atoms with E-state index in [9.17, 15) is 14.4 Å². The molecule has 1 saturated heterocycles. The van der Waals surface area contributed by atoms with E-state index in [1.165, 1.54) is 18.2 Å². The second-order valence-corrected chi connectivity index (χ2v) is 10.3. The summed E-state index contributed by atoms with van der Waals surface area (Å²) < 4.78 is 0. The second kappa shape index (κ2) is 8.91. The molecule has 34 heavy (non-hydrogen) atoms. The Hall–Kier alpha value is -2.54. The van der Waals surface area contributed by atoms with E-state index in [0.717, 1.165) is 29.1 Å². The minimum atomic E-state index is -0.901. The Morgan fingerprint density at radius 1 is 1.09 bits per heavy atom. The van der Waals surface area contributed by atoms with E-state index >= 15 is 0 Å². The Kier molecular flexibility index (Phi) is 6.44. The summed E-state index contributed by atoms with van der Waals surface area (Å²) in [6.07, 6.45) is 2.36. The molecule has 0 aromatic heterocycles. The Morgan fingerprint density at radius 3 is 2.47 bits per heavy atom. The number of urea groups is 1. The molecule has 2 heterocycles. The quantitative estimate of drug-likeness (QED) is 0.374. The number of anilines is 2. The third kappa shape index (κ3) is 4.08. The Morgan fingerprint density at radius 2 is 1.79 bits per heavy atom. The van der Waals surface area contributed by atoms with Gasteiger partial charge in [0.2, 0.25) is 0 Å². The molecule has 178 valence electrons. The summed E-state index contributed by atoms with van der Waals surface area (Å²) in [7, 11) is 0. The standard InChI is InChI=1S/C25H24Cl3N3O3/c1-5-30-20-11-18(27)14(9-15(20)13(2)12-25(30,3)4)10-16-22(32)29-24(34)31(23(16)33)19-8-6-7-17(26)21(19)28/h6-11,13H,5,12H2,1-4H3,(H,29,32,34)/b16-10-. The Bertz CT molecular complexity index is 1260. The number of nitrogens with one attached hydrogen (secondary N) is 1. The van der Waals surface area contributed by atoms with E-state index in [2.05, 4.69) is 37.9 Å². The van der Waals surface area contributed by atoms with Gasteiger partial charge in [-0.05, 0) is 74.6 Å². The molecule has 0 aliphatic carbocycles. The van der Waals surface area contributed by atoms with Gasteiger partial charge in [0, 0.05) is 22.8 Å². The van der Waals surface area contributed by atoms with E-state index in [1.54, 1.807) is 6.07 Å². The summed E-state index contributed by atoms with van der Waals surface area (Å²) in [6.45, 7) is 9.48. The van der Waals surface area contributed by atoms with Crippen LogP contribution < -0.4 is 15.1 Å². The number of hydrogen-bond acceptors (Lipinski definition) is 4. The summed E-state index contributed by atoms with van der Waals surface area (Å²) in [5.74, 6) is -1.36. The molecule has 1 unspecified atom stereocenters. The van der Waals surface area contributed by atoms with E-state index in [-0.39, 0.29) is 32.8 Å². The lowest BCUT2D eigenvalue weighted by atomic mass is 9.79. The highest BCUT2D eigenvalue weighted by molar-refractivity contribution is 6.46. The summed E-state index contributed by atoms with van der Waals surface area (Å²) >= 11 is 18.9. The van der Waals surface area contributed by atoms with Crippen LogP contribution in [0.15, 0.2) is 35.9 Å². The molecule has 1 N–H and O–H groups in total. The zero-order chi connectivity index (χ0) is 24.9. The number of amides is 4. The van der Waals surface area contributed by atoms with Crippen LogP contribution in [0.2, 0.25) is 15.1 Å². The van der Waals surface area contributed by atoms with Gasteiger partial charge in [0.05, 0.1) is 15.7 Å². The van der Waals surface area contributed by atoms with Crippen molar-refractivity contribution < 1.29 is 14.4 Å². The number of carbonyl (C=O) groups excluding carboxylic acids is 3. The lowest BCUT2D eigenvalue weighted by molar-refractivity contribution is -0.122. The van der Waals surface area contributed by atoms with Gasteiger partial charge < -0.3 is 4.90 Å². The second-order valence-electron chi connectivity index (χ2n) is 9.13. The van der Waals surface area contributed by atoms with Crippen LogP contribution in [0, 0.1) is 0 Å². The monoisotopic (exact) mass is 519 g/mol. The Labute approximate surface area is 213 Å². The zero-order valence-corrected chi connectivity index (χ0v) is 21.5. The first kappa shape index (κ1) is 24.6. The van der Waals surface area contributed by atoms with Gasteiger partial charge in [-0.25, -0.2) is 9.69 Å². The average molecular weight is 521 g/mol. The molecule has 1 fully saturated rings. The van der Waals surface area contributed by atoms with Crippen LogP contribution in [-0.4, -0.2) is 29.9 Å². The van der Waals surface area contributed by atoms with Crippen LogP contribution >= 0.6 is 34.8 Å². The molecule has 2 aliphatic rings. The molecule has 2 aromatic rings. The molecule has 0 spiro atoms. The van der Waals surface area contributed by atoms with Gasteiger partial charge in [0.25, 0.3) is 11.8 Å². The number of benzene rings is 2. The maximum atomic E-state index is 13.3. The molecule has 0 saturated carbocycles. The van der Waals surface area contributed by atoms with E-state index in [1.807, 2.05) is 12.1 Å². The highest BCUT2D eigenvalue weighted by Gasteiger charge is 2.39. The number of imide groups is 2. The van der Waals surface area contributed by atoms with Gasteiger partial charge in [0.1, 0.15) is 5.57 Å². The lowest BCUT2D eigenvalue weighted by Crippen LogP contribution is -2.54. The molecule has 2 aliphatic heterocycles. The third-order valence-corrected chi connectivity index (χ3v) is 7.53. The first-order valence-electron chi connectivity index (χ1n) is 10.9. The van der Waals surface area contributed by atoms with Gasteiger partial charge in [-0.3, -0.25) is 14.9 Å². The smallest absolute Gasteiger partial charge is 0.336 e. The van der Waals surface area contributed by atoms with E-state index in [4.69, 9.17) is 34.8 Å². The average Bonchev–Trinajstić information content (AvgIpc) is 2.74. The number of barbiturate groups is 1. The molecular weight excluding hydrogens is 497 g/mol. The van der Waals surface area contributed by atoms with Crippen LogP contribution in [0.25, 0.3) is 6.08 Å². The molecule has 4 amide bonds. The fourth-order valence-electron chi connectivity index (χ4n) is 4.93. The fourth-order valence-corrected chi connectivity index (χ4v) is 5.52.